The first-order valence-electron chi connectivity index (χ1n) is 7.70. The standard InChI is InChI=1S/C18H21N3O/c19-15-6-3-7-16(13-15)20-18(22)9-4-11-21-12-10-14-5-1-2-8-17(14)21/h1-3,5-8,13H,4,9-12,19H2,(H,20,22). The van der Waals surface area contributed by atoms with Gasteiger partial charge in [-0.25, -0.2) is 0 Å². The summed E-state index contributed by atoms with van der Waals surface area (Å²) in [6.45, 7) is 1.97. The van der Waals surface area contributed by atoms with Crippen LogP contribution < -0.4 is 16.0 Å². The number of carbonyl (C=O) groups excluding carboxylic acids is 1. The smallest absolute Gasteiger partial charge is 0.224 e. The summed E-state index contributed by atoms with van der Waals surface area (Å²) in [6, 6.07) is 15.8. The van der Waals surface area contributed by atoms with Crippen LogP contribution in [0.15, 0.2) is 48.5 Å². The molecule has 0 saturated carbocycles. The monoisotopic (exact) mass is 295 g/mol. The Kier molecular flexibility index (Phi) is 4.28. The van der Waals surface area contributed by atoms with Crippen LogP contribution in [0.25, 0.3) is 0 Å². The van der Waals surface area contributed by atoms with Crippen molar-refractivity contribution in [3.63, 3.8) is 0 Å². The topological polar surface area (TPSA) is 58.4 Å². The van der Waals surface area contributed by atoms with Gasteiger partial charge in [0, 0.05) is 36.6 Å². The van der Waals surface area contributed by atoms with Gasteiger partial charge < -0.3 is 16.0 Å². The molecule has 2 aromatic carbocycles. The first-order chi connectivity index (χ1) is 10.7. The van der Waals surface area contributed by atoms with Crippen LogP contribution in [0.3, 0.4) is 0 Å². The third-order valence-electron chi connectivity index (χ3n) is 3.99. The second-order valence-corrected chi connectivity index (χ2v) is 5.64. The lowest BCUT2D eigenvalue weighted by Gasteiger charge is -2.19. The van der Waals surface area contributed by atoms with Crippen LogP contribution in [-0.4, -0.2) is 19.0 Å². The van der Waals surface area contributed by atoms with Gasteiger partial charge in [-0.05, 0) is 42.7 Å². The minimum absolute atomic E-state index is 0.0399. The Balaban J connectivity index is 1.47. The Bertz CT molecular complexity index is 669. The van der Waals surface area contributed by atoms with Crippen molar-refractivity contribution in [2.24, 2.45) is 0 Å². The maximum Gasteiger partial charge on any atom is 0.224 e. The summed E-state index contributed by atoms with van der Waals surface area (Å²) in [6.07, 6.45) is 2.47. The average molecular weight is 295 g/mol. The molecule has 0 aliphatic carbocycles. The third kappa shape index (κ3) is 3.39. The fourth-order valence-electron chi connectivity index (χ4n) is 2.91. The number of amides is 1. The molecule has 3 N–H and O–H groups in total. The molecule has 0 spiro atoms. The van der Waals surface area contributed by atoms with E-state index in [0.29, 0.717) is 12.1 Å². The molecular formula is C18H21N3O. The van der Waals surface area contributed by atoms with Crippen LogP contribution in [0, 0.1) is 0 Å². The van der Waals surface area contributed by atoms with E-state index < -0.39 is 0 Å². The van der Waals surface area contributed by atoms with Crippen molar-refractivity contribution in [3.8, 4) is 0 Å². The van der Waals surface area contributed by atoms with Crippen molar-refractivity contribution >= 4 is 23.0 Å². The fraction of sp³-hybridized carbons (Fsp3) is 0.278. The van der Waals surface area contributed by atoms with Crippen LogP contribution in [0.2, 0.25) is 0 Å². The highest BCUT2D eigenvalue weighted by Crippen LogP contribution is 2.27. The molecule has 1 aliphatic heterocycles. The number of para-hydroxylation sites is 1. The van der Waals surface area contributed by atoms with E-state index >= 15 is 0 Å². The number of hydrogen-bond donors (Lipinski definition) is 2. The maximum atomic E-state index is 12.0. The molecule has 0 bridgehead atoms. The first-order valence-corrected chi connectivity index (χ1v) is 7.70. The largest absolute Gasteiger partial charge is 0.399 e. The van der Waals surface area contributed by atoms with E-state index in [9.17, 15) is 4.79 Å². The number of anilines is 3. The van der Waals surface area contributed by atoms with Crippen molar-refractivity contribution < 1.29 is 4.79 Å². The van der Waals surface area contributed by atoms with E-state index in [4.69, 9.17) is 5.73 Å². The molecule has 0 atom stereocenters. The van der Waals surface area contributed by atoms with Gasteiger partial charge in [-0.1, -0.05) is 24.3 Å². The number of nitrogen functional groups attached to an aromatic ring is 1. The minimum Gasteiger partial charge on any atom is -0.399 e. The Morgan fingerprint density at radius 1 is 1.18 bits per heavy atom. The lowest BCUT2D eigenvalue weighted by molar-refractivity contribution is -0.116. The average Bonchev–Trinajstić information content (AvgIpc) is 2.91. The molecule has 2 aromatic rings. The van der Waals surface area contributed by atoms with E-state index in [1.54, 1.807) is 12.1 Å². The van der Waals surface area contributed by atoms with E-state index in [2.05, 4.69) is 34.5 Å². The second-order valence-electron chi connectivity index (χ2n) is 5.64. The number of carbonyl (C=O) groups is 1. The van der Waals surface area contributed by atoms with Crippen molar-refractivity contribution in [1.29, 1.82) is 0 Å². The zero-order valence-electron chi connectivity index (χ0n) is 12.6. The minimum atomic E-state index is 0.0399. The molecule has 3 rings (SSSR count). The Morgan fingerprint density at radius 2 is 2.05 bits per heavy atom. The Morgan fingerprint density at radius 3 is 2.91 bits per heavy atom. The zero-order valence-corrected chi connectivity index (χ0v) is 12.6. The number of benzene rings is 2. The van der Waals surface area contributed by atoms with Gasteiger partial charge in [-0.15, -0.1) is 0 Å². The normalized spacial score (nSPS) is 13.0. The summed E-state index contributed by atoms with van der Waals surface area (Å²) >= 11 is 0. The molecule has 0 fully saturated rings. The highest BCUT2D eigenvalue weighted by molar-refractivity contribution is 5.91. The molecule has 0 saturated heterocycles. The fourth-order valence-corrected chi connectivity index (χ4v) is 2.91. The molecule has 22 heavy (non-hydrogen) atoms. The molecule has 4 heteroatoms. The summed E-state index contributed by atoms with van der Waals surface area (Å²) in [7, 11) is 0. The molecule has 1 amide bonds. The summed E-state index contributed by atoms with van der Waals surface area (Å²) < 4.78 is 0. The van der Waals surface area contributed by atoms with Gasteiger partial charge in [0.05, 0.1) is 0 Å². The first kappa shape index (κ1) is 14.4. The van der Waals surface area contributed by atoms with Crippen molar-refractivity contribution in [2.45, 2.75) is 19.3 Å². The molecule has 0 aromatic heterocycles. The van der Waals surface area contributed by atoms with Crippen molar-refractivity contribution in [3.05, 3.63) is 54.1 Å². The lowest BCUT2D eigenvalue weighted by Crippen LogP contribution is -2.23. The third-order valence-corrected chi connectivity index (χ3v) is 3.99. The SMILES string of the molecule is Nc1cccc(NC(=O)CCCN2CCc3ccccc32)c1. The van der Waals surface area contributed by atoms with E-state index in [0.717, 1.165) is 31.6 Å². The van der Waals surface area contributed by atoms with E-state index in [-0.39, 0.29) is 5.91 Å². The van der Waals surface area contributed by atoms with Crippen LogP contribution in [0.5, 0.6) is 0 Å². The van der Waals surface area contributed by atoms with Gasteiger partial charge in [-0.3, -0.25) is 4.79 Å². The zero-order chi connectivity index (χ0) is 15.4. The summed E-state index contributed by atoms with van der Waals surface area (Å²) in [4.78, 5) is 14.3. The number of hydrogen-bond acceptors (Lipinski definition) is 3. The number of nitrogens with one attached hydrogen (secondary N) is 1. The number of nitrogens with zero attached hydrogens (tertiary/aromatic N) is 1. The van der Waals surface area contributed by atoms with Gasteiger partial charge in [0.1, 0.15) is 0 Å². The van der Waals surface area contributed by atoms with E-state index in [1.807, 2.05) is 12.1 Å². The molecule has 0 radical (unpaired) electrons. The van der Waals surface area contributed by atoms with Crippen LogP contribution >= 0.6 is 0 Å². The molecular weight excluding hydrogens is 274 g/mol. The maximum absolute atomic E-state index is 12.0. The van der Waals surface area contributed by atoms with Gasteiger partial charge in [0.15, 0.2) is 0 Å². The second kappa shape index (κ2) is 6.52. The van der Waals surface area contributed by atoms with Gasteiger partial charge >= 0.3 is 0 Å². The van der Waals surface area contributed by atoms with Crippen molar-refractivity contribution in [2.75, 3.05) is 29.0 Å². The molecule has 1 aliphatic rings. The molecule has 0 unspecified atom stereocenters. The van der Waals surface area contributed by atoms with Crippen molar-refractivity contribution in [1.82, 2.24) is 0 Å². The van der Waals surface area contributed by atoms with Gasteiger partial charge in [0.2, 0.25) is 5.91 Å². The number of nitrogens with two attached hydrogens (primary N) is 1. The predicted octanol–water partition coefficient (Wildman–Crippen LogP) is 3.05. The molecule has 1 heterocycles. The summed E-state index contributed by atoms with van der Waals surface area (Å²) in [5.41, 5.74) is 9.85. The molecule has 114 valence electrons. The Hall–Kier alpha value is -2.49. The lowest BCUT2D eigenvalue weighted by atomic mass is 10.2. The van der Waals surface area contributed by atoms with Gasteiger partial charge in [-0.2, -0.15) is 0 Å². The summed E-state index contributed by atoms with van der Waals surface area (Å²) in [5.74, 6) is 0.0399. The van der Waals surface area contributed by atoms with Crippen LogP contribution in [0.4, 0.5) is 17.1 Å². The van der Waals surface area contributed by atoms with Crippen LogP contribution in [0.1, 0.15) is 18.4 Å². The van der Waals surface area contributed by atoms with E-state index in [1.165, 1.54) is 11.3 Å². The highest BCUT2D eigenvalue weighted by atomic mass is 16.1. The van der Waals surface area contributed by atoms with Gasteiger partial charge in [0.25, 0.3) is 0 Å². The highest BCUT2D eigenvalue weighted by Gasteiger charge is 2.17. The summed E-state index contributed by atoms with van der Waals surface area (Å²) in [5, 5.41) is 2.89. The Labute approximate surface area is 130 Å². The number of rotatable bonds is 5. The number of fused-ring (bicyclic) bond motifs is 1. The van der Waals surface area contributed by atoms with Crippen LogP contribution in [-0.2, 0) is 11.2 Å². The predicted molar refractivity (Wildman–Crippen MR) is 91.1 cm³/mol. The quantitative estimate of drug-likeness (QED) is 0.834. The molecule has 4 nitrogen and oxygen atoms in total.